The lowest BCUT2D eigenvalue weighted by Crippen LogP contribution is -1.79. The quantitative estimate of drug-likeness (QED) is 0.475. The number of hydrogen-bond acceptors (Lipinski definition) is 2. The van der Waals surface area contributed by atoms with Crippen LogP contribution in [0.15, 0.2) is 53.7 Å². The summed E-state index contributed by atoms with van der Waals surface area (Å²) in [5, 5.41) is 14.0. The fraction of sp³-hybridized carbons (Fsp3) is 0. The fourth-order valence-corrected chi connectivity index (χ4v) is 1.71. The van der Waals surface area contributed by atoms with Crippen molar-refractivity contribution in [1.29, 1.82) is 0 Å². The molecule has 0 unspecified atom stereocenters. The van der Waals surface area contributed by atoms with Gasteiger partial charge in [-0.3, -0.25) is 0 Å². The topological polar surface area (TPSA) is 32.6 Å². The van der Waals surface area contributed by atoms with Gasteiger partial charge in [0.1, 0.15) is 0 Å². The molecule has 2 aromatic rings. The van der Waals surface area contributed by atoms with Crippen LogP contribution < -0.4 is 0 Å². The molecule has 2 nitrogen and oxygen atoms in total. The molecule has 1 N–H and O–H groups in total. The summed E-state index contributed by atoms with van der Waals surface area (Å²) in [5.41, 5.74) is 0.903. The molecule has 2 aromatic carbocycles. The van der Waals surface area contributed by atoms with Gasteiger partial charge in [-0.2, -0.15) is 0 Å². The highest BCUT2D eigenvalue weighted by atomic mass is 35.5. The Morgan fingerprint density at radius 3 is 2.62 bits per heavy atom. The lowest BCUT2D eigenvalue weighted by Gasteiger charge is -2.01. The molecule has 0 amide bonds. The van der Waals surface area contributed by atoms with Crippen molar-refractivity contribution in [2.75, 3.05) is 0 Å². The summed E-state index contributed by atoms with van der Waals surface area (Å²) in [6.45, 7) is 0. The van der Waals surface area contributed by atoms with E-state index in [0.29, 0.717) is 5.03 Å². The summed E-state index contributed by atoms with van der Waals surface area (Å²) in [6, 6.07) is 14.0. The van der Waals surface area contributed by atoms with E-state index in [1.807, 2.05) is 42.5 Å². The summed E-state index contributed by atoms with van der Waals surface area (Å²) in [4.78, 5) is 0. The van der Waals surface area contributed by atoms with Crippen molar-refractivity contribution in [1.82, 2.24) is 0 Å². The van der Waals surface area contributed by atoms with E-state index in [1.54, 1.807) is 6.08 Å². The maximum absolute atomic E-state index is 8.30. The van der Waals surface area contributed by atoms with E-state index in [9.17, 15) is 0 Å². The monoisotopic (exact) mass is 231 g/mol. The molecule has 0 radical (unpaired) electrons. The molecule has 0 fully saturated rings. The van der Waals surface area contributed by atoms with E-state index < -0.39 is 0 Å². The lowest BCUT2D eigenvalue weighted by molar-refractivity contribution is 0.322. The van der Waals surface area contributed by atoms with Crippen LogP contribution in [0.1, 0.15) is 5.56 Å². The Hall–Kier alpha value is -1.80. The first-order valence-corrected chi connectivity index (χ1v) is 5.21. The van der Waals surface area contributed by atoms with Crippen LogP contribution >= 0.6 is 11.6 Å². The van der Waals surface area contributed by atoms with E-state index >= 15 is 0 Å². The lowest BCUT2D eigenvalue weighted by atomic mass is 10.1. The highest BCUT2D eigenvalue weighted by molar-refractivity contribution is 6.49. The van der Waals surface area contributed by atoms with Gasteiger partial charge in [0.25, 0.3) is 0 Å². The summed E-state index contributed by atoms with van der Waals surface area (Å²) >= 11 is 6.04. The second kappa shape index (κ2) is 4.81. The number of fused-ring (bicyclic) bond motifs is 1. The summed E-state index contributed by atoms with van der Waals surface area (Å²) in [6.07, 6.45) is 2.79. The van der Waals surface area contributed by atoms with Crippen molar-refractivity contribution in [3.05, 3.63) is 54.1 Å². The van der Waals surface area contributed by atoms with Gasteiger partial charge >= 0.3 is 0 Å². The molecule has 0 aliphatic carbocycles. The van der Waals surface area contributed by atoms with Crippen LogP contribution in [-0.4, -0.2) is 11.4 Å². The first kappa shape index (κ1) is 10.7. The maximum atomic E-state index is 8.30. The van der Waals surface area contributed by atoms with Gasteiger partial charge in [0, 0.05) is 5.03 Å². The molecule has 80 valence electrons. The van der Waals surface area contributed by atoms with Crippen LogP contribution in [-0.2, 0) is 0 Å². The van der Waals surface area contributed by atoms with Crippen LogP contribution in [0.25, 0.3) is 15.8 Å². The molecule has 0 bridgehead atoms. The van der Waals surface area contributed by atoms with Gasteiger partial charge in [-0.25, -0.2) is 0 Å². The summed E-state index contributed by atoms with van der Waals surface area (Å²) in [7, 11) is 0. The Bertz CT molecular complexity index is 561. The molecule has 2 rings (SSSR count). The van der Waals surface area contributed by atoms with Crippen LogP contribution in [0.3, 0.4) is 0 Å². The van der Waals surface area contributed by atoms with Gasteiger partial charge in [0.15, 0.2) is 0 Å². The summed E-state index contributed by atoms with van der Waals surface area (Å²) in [5.74, 6) is 0. The average molecular weight is 232 g/mol. The normalized spacial score (nSPS) is 12.4. The largest absolute Gasteiger partial charge is 0.411 e. The van der Waals surface area contributed by atoms with Crippen molar-refractivity contribution < 1.29 is 5.21 Å². The zero-order valence-electron chi connectivity index (χ0n) is 8.47. The molecule has 0 saturated heterocycles. The van der Waals surface area contributed by atoms with Gasteiger partial charge in [0.05, 0.1) is 6.21 Å². The van der Waals surface area contributed by atoms with Gasteiger partial charge in [-0.05, 0) is 28.5 Å². The molecule has 0 aliphatic rings. The molecule has 0 atom stereocenters. The molecule has 3 heteroatoms. The van der Waals surface area contributed by atoms with Gasteiger partial charge in [-0.15, -0.1) is 0 Å². The predicted molar refractivity (Wildman–Crippen MR) is 68.1 cm³/mol. The Morgan fingerprint density at radius 2 is 1.88 bits per heavy atom. The Labute approximate surface area is 98.5 Å². The molecular weight excluding hydrogens is 222 g/mol. The Balaban J connectivity index is 2.47. The molecule has 0 saturated carbocycles. The van der Waals surface area contributed by atoms with Crippen LogP contribution in [0.4, 0.5) is 0 Å². The second-order valence-corrected chi connectivity index (χ2v) is 3.75. The number of nitrogens with zero attached hydrogens (tertiary/aromatic N) is 1. The Morgan fingerprint density at radius 1 is 1.12 bits per heavy atom. The number of benzene rings is 2. The molecule has 0 heterocycles. The van der Waals surface area contributed by atoms with Gasteiger partial charge in [0.2, 0.25) is 0 Å². The average Bonchev–Trinajstić information content (AvgIpc) is 2.35. The highest BCUT2D eigenvalue weighted by Crippen LogP contribution is 2.23. The molecule has 0 spiro atoms. The van der Waals surface area contributed by atoms with E-state index in [4.69, 9.17) is 16.8 Å². The zero-order chi connectivity index (χ0) is 11.4. The van der Waals surface area contributed by atoms with E-state index in [-0.39, 0.29) is 0 Å². The third-order valence-electron chi connectivity index (χ3n) is 2.31. The minimum absolute atomic E-state index is 0.545. The number of allylic oxidation sites excluding steroid dienone is 1. The SMILES string of the molecule is O/N=C/C=C(\Cl)c1ccc2ccccc2c1. The Kier molecular flexibility index (Phi) is 3.22. The fourth-order valence-electron chi connectivity index (χ4n) is 1.53. The van der Waals surface area contributed by atoms with Crippen molar-refractivity contribution in [3.8, 4) is 0 Å². The van der Waals surface area contributed by atoms with Gasteiger partial charge in [-0.1, -0.05) is 53.2 Å². The summed E-state index contributed by atoms with van der Waals surface area (Å²) < 4.78 is 0. The zero-order valence-corrected chi connectivity index (χ0v) is 9.22. The van der Waals surface area contributed by atoms with Crippen LogP contribution in [0, 0.1) is 0 Å². The maximum Gasteiger partial charge on any atom is 0.0676 e. The molecule has 0 aromatic heterocycles. The molecule has 16 heavy (non-hydrogen) atoms. The van der Waals surface area contributed by atoms with Gasteiger partial charge < -0.3 is 5.21 Å². The van der Waals surface area contributed by atoms with E-state index in [1.165, 1.54) is 11.6 Å². The van der Waals surface area contributed by atoms with Crippen LogP contribution in [0.2, 0.25) is 0 Å². The number of oxime groups is 1. The van der Waals surface area contributed by atoms with Crippen LogP contribution in [0.5, 0.6) is 0 Å². The molecular formula is C13H10ClNO. The highest BCUT2D eigenvalue weighted by Gasteiger charge is 1.98. The first-order chi connectivity index (χ1) is 7.81. The minimum Gasteiger partial charge on any atom is -0.411 e. The molecule has 0 aliphatic heterocycles. The third-order valence-corrected chi connectivity index (χ3v) is 2.66. The van der Waals surface area contributed by atoms with E-state index in [0.717, 1.165) is 10.9 Å². The van der Waals surface area contributed by atoms with Crippen molar-refractivity contribution in [3.63, 3.8) is 0 Å². The van der Waals surface area contributed by atoms with Crippen molar-refractivity contribution in [2.24, 2.45) is 5.16 Å². The predicted octanol–water partition coefficient (Wildman–Crippen LogP) is 3.88. The smallest absolute Gasteiger partial charge is 0.0676 e. The number of halogens is 1. The van der Waals surface area contributed by atoms with Crippen molar-refractivity contribution >= 4 is 33.6 Å². The number of rotatable bonds is 2. The van der Waals surface area contributed by atoms with Crippen molar-refractivity contribution in [2.45, 2.75) is 0 Å². The standard InChI is InChI=1S/C13H10ClNO/c14-13(7-8-15-16)12-6-5-10-3-1-2-4-11(10)9-12/h1-9,16H/b13-7-,15-8+. The first-order valence-electron chi connectivity index (χ1n) is 4.83. The minimum atomic E-state index is 0.545. The third kappa shape index (κ3) is 2.23. The van der Waals surface area contributed by atoms with E-state index in [2.05, 4.69) is 5.16 Å². The number of hydrogen-bond donors (Lipinski definition) is 1. The second-order valence-electron chi connectivity index (χ2n) is 3.34.